The zero-order valence-electron chi connectivity index (χ0n) is 21.1. The van der Waals surface area contributed by atoms with Crippen molar-refractivity contribution in [1.29, 1.82) is 0 Å². The van der Waals surface area contributed by atoms with Crippen molar-refractivity contribution in [2.24, 2.45) is 0 Å². The quantitative estimate of drug-likeness (QED) is 0.451. The molecule has 0 spiro atoms. The first-order valence-corrected chi connectivity index (χ1v) is 13.6. The molecule has 2 fully saturated rings. The average Bonchev–Trinajstić information content (AvgIpc) is 3.62. The zero-order valence-corrected chi connectivity index (χ0v) is 23.1. The van der Waals surface area contributed by atoms with Crippen LogP contribution in [0.4, 0.5) is 13.2 Å². The van der Waals surface area contributed by atoms with Gasteiger partial charge in [-0.2, -0.15) is 13.2 Å². The molecule has 37 heavy (non-hydrogen) atoms. The maximum absolute atomic E-state index is 13.5. The number of pyridine rings is 1. The fraction of sp³-hybridized carbons (Fsp3) is 0.407. The predicted octanol–water partition coefficient (Wildman–Crippen LogP) is 3.68. The highest BCUT2D eigenvalue weighted by molar-refractivity contribution is 6.11. The van der Waals surface area contributed by atoms with E-state index in [0.717, 1.165) is 34.2 Å². The van der Waals surface area contributed by atoms with Gasteiger partial charge in [-0.25, -0.2) is 0 Å². The summed E-state index contributed by atoms with van der Waals surface area (Å²) in [5.74, 6) is 0.493. The van der Waals surface area contributed by atoms with Crippen LogP contribution in [0.25, 0.3) is 10.9 Å². The minimum Gasteiger partial charge on any atom is -0.494 e. The topological polar surface area (TPSA) is 63.7 Å². The number of alkyl halides is 3. The first kappa shape index (κ1) is 25.5. The van der Waals surface area contributed by atoms with Crippen LogP contribution in [0.2, 0.25) is 0 Å². The number of fused-ring (bicyclic) bond motifs is 1. The number of amides is 1. The van der Waals surface area contributed by atoms with Gasteiger partial charge in [0.05, 0.1) is 27.0 Å². The van der Waals surface area contributed by atoms with Gasteiger partial charge in [0.15, 0.2) is 6.61 Å². The van der Waals surface area contributed by atoms with E-state index in [1.54, 1.807) is 24.4 Å². The van der Waals surface area contributed by atoms with Gasteiger partial charge in [-0.1, -0.05) is 12.1 Å². The summed E-state index contributed by atoms with van der Waals surface area (Å²) in [4.78, 5) is 20.1. The third-order valence-corrected chi connectivity index (χ3v) is 8.38. The van der Waals surface area contributed by atoms with Crippen molar-refractivity contribution in [2.75, 3.05) is 20.2 Å². The van der Waals surface area contributed by atoms with Crippen LogP contribution in [-0.2, 0) is 5.54 Å². The molecule has 196 valence electrons. The lowest BCUT2D eigenvalue weighted by atomic mass is 9.97. The fourth-order valence-corrected chi connectivity index (χ4v) is 6.13. The molecule has 6 nitrogen and oxygen atoms in total. The summed E-state index contributed by atoms with van der Waals surface area (Å²) < 4.78 is 49.6. The average molecular weight is 530 g/mol. The smallest absolute Gasteiger partial charge is 0.422 e. The predicted molar refractivity (Wildman–Crippen MR) is 138 cm³/mol. The number of ether oxygens (including phenoxy) is 2. The molecule has 2 aromatic carbocycles. The number of nitrogens with zero attached hydrogens (tertiary/aromatic N) is 2. The lowest BCUT2D eigenvalue weighted by Gasteiger charge is -2.41. The molecule has 1 aromatic heterocycles. The Bertz CT molecular complexity index is 1330. The third kappa shape index (κ3) is 5.45. The van der Waals surface area contributed by atoms with E-state index in [-0.39, 0.29) is 17.4 Å². The molecule has 2 heterocycles. The second-order valence-electron chi connectivity index (χ2n) is 10.1. The Kier molecular flexibility index (Phi) is 6.65. The highest BCUT2D eigenvalue weighted by atomic mass is 28.1. The van der Waals surface area contributed by atoms with Gasteiger partial charge in [-0.3, -0.25) is 9.78 Å². The number of likely N-dealkylation sites (N-methyl/N-ethyl adjacent to an activating group) is 1. The number of hydrogen-bond donors (Lipinski definition) is 1. The van der Waals surface area contributed by atoms with E-state index in [1.165, 1.54) is 6.07 Å². The summed E-state index contributed by atoms with van der Waals surface area (Å²) in [5, 5.41) is 3.94. The van der Waals surface area contributed by atoms with Crippen molar-refractivity contribution in [1.82, 2.24) is 15.2 Å². The van der Waals surface area contributed by atoms with Gasteiger partial charge < -0.3 is 19.7 Å². The van der Waals surface area contributed by atoms with Crippen LogP contribution in [0.3, 0.4) is 0 Å². The number of hydrogen-bond acceptors (Lipinski definition) is 5. The highest BCUT2D eigenvalue weighted by Crippen LogP contribution is 2.49. The van der Waals surface area contributed by atoms with Gasteiger partial charge in [-0.05, 0) is 75.2 Å². The summed E-state index contributed by atoms with van der Waals surface area (Å²) in [7, 11) is 2.96. The second-order valence-corrected chi connectivity index (χ2v) is 11.3. The molecule has 2 aliphatic rings. The van der Waals surface area contributed by atoms with E-state index < -0.39 is 18.3 Å². The summed E-state index contributed by atoms with van der Waals surface area (Å²) in [6.07, 6.45) is -0.434. The Morgan fingerprint density at radius 1 is 1.24 bits per heavy atom. The molecule has 0 bridgehead atoms. The van der Waals surface area contributed by atoms with E-state index in [0.29, 0.717) is 41.3 Å². The molecule has 1 N–H and O–H groups in total. The third-order valence-electron chi connectivity index (χ3n) is 7.38. The lowest BCUT2D eigenvalue weighted by molar-refractivity contribution is -0.153. The van der Waals surface area contributed by atoms with E-state index in [4.69, 9.17) is 9.47 Å². The van der Waals surface area contributed by atoms with Crippen molar-refractivity contribution in [3.8, 4) is 11.5 Å². The van der Waals surface area contributed by atoms with E-state index >= 15 is 0 Å². The number of benzene rings is 2. The minimum atomic E-state index is -4.45. The maximum atomic E-state index is 13.5. The Labute approximate surface area is 216 Å². The molecule has 1 aliphatic heterocycles. The second kappa shape index (κ2) is 9.64. The van der Waals surface area contributed by atoms with Crippen LogP contribution in [0.15, 0.2) is 48.7 Å². The maximum Gasteiger partial charge on any atom is 0.422 e. The lowest BCUT2D eigenvalue weighted by Crippen LogP contribution is -2.53. The monoisotopic (exact) mass is 529 g/mol. The summed E-state index contributed by atoms with van der Waals surface area (Å²) in [6, 6.07) is 12.7. The van der Waals surface area contributed by atoms with Gasteiger partial charge >= 0.3 is 6.18 Å². The molecule has 0 radical (unpaired) electrons. The van der Waals surface area contributed by atoms with Crippen molar-refractivity contribution >= 4 is 27.1 Å². The Hall–Kier alpha value is -3.11. The van der Waals surface area contributed by atoms with Crippen LogP contribution in [-0.4, -0.2) is 64.2 Å². The van der Waals surface area contributed by atoms with Crippen LogP contribution < -0.4 is 14.8 Å². The van der Waals surface area contributed by atoms with Gasteiger partial charge in [0, 0.05) is 29.3 Å². The molecular formula is C27H30F3N3O3Si. The number of aryl methyl sites for hydroxylation is 1. The first-order valence-electron chi connectivity index (χ1n) is 12.4. The van der Waals surface area contributed by atoms with Crippen molar-refractivity contribution in [2.45, 2.75) is 49.7 Å². The number of rotatable bonds is 8. The molecule has 1 aliphatic carbocycles. The standard InChI is InChI=1S/C27H30F3N3O3Si/c1-16-5-6-17(36-25(37)23-7-11-33(23)2)12-20(16)24(34)32-26(8-9-26)21-13-18(35-15-27(28,29)30)14-22-19(21)4-3-10-31-22/h3-6,10,12-14,23,25H,7-9,11,15H2,1-2,37H3,(H,32,34)/t23-,25?/m0/s1. The summed E-state index contributed by atoms with van der Waals surface area (Å²) in [6.45, 7) is 1.55. The molecule has 1 unspecified atom stereocenters. The normalized spacial score (nSPS) is 19.8. The molecule has 10 heteroatoms. The largest absolute Gasteiger partial charge is 0.494 e. The van der Waals surface area contributed by atoms with Crippen molar-refractivity contribution in [3.05, 3.63) is 65.4 Å². The summed E-state index contributed by atoms with van der Waals surface area (Å²) >= 11 is 0. The van der Waals surface area contributed by atoms with Gasteiger partial charge in [-0.15, -0.1) is 0 Å². The van der Waals surface area contributed by atoms with Crippen LogP contribution in [0, 0.1) is 6.92 Å². The van der Waals surface area contributed by atoms with Gasteiger partial charge in [0.1, 0.15) is 11.5 Å². The number of aromatic nitrogens is 1. The number of carbonyl (C=O) groups is 1. The van der Waals surface area contributed by atoms with Crippen LogP contribution >= 0.6 is 0 Å². The number of likely N-dealkylation sites (tertiary alicyclic amines) is 1. The molecular weight excluding hydrogens is 499 g/mol. The molecule has 5 rings (SSSR count). The SMILES string of the molecule is Cc1ccc(OC([SiH3])[C@@H]2CCN2C)cc1C(=O)NC1(c2cc(OCC(F)(F)F)cc3ncccc23)CC1. The Morgan fingerprint density at radius 2 is 2.03 bits per heavy atom. The fourth-order valence-electron chi connectivity index (χ4n) is 5.01. The molecule has 1 saturated heterocycles. The van der Waals surface area contributed by atoms with Gasteiger partial charge in [0.25, 0.3) is 5.91 Å². The van der Waals surface area contributed by atoms with E-state index in [1.807, 2.05) is 25.1 Å². The summed E-state index contributed by atoms with van der Waals surface area (Å²) in [5.41, 5.74) is 2.00. The van der Waals surface area contributed by atoms with Crippen LogP contribution in [0.1, 0.15) is 40.7 Å². The van der Waals surface area contributed by atoms with E-state index in [9.17, 15) is 18.0 Å². The molecule has 3 aromatic rings. The van der Waals surface area contributed by atoms with Crippen molar-refractivity contribution < 1.29 is 27.4 Å². The molecule has 2 atom stereocenters. The van der Waals surface area contributed by atoms with Crippen LogP contribution in [0.5, 0.6) is 11.5 Å². The number of nitrogens with one attached hydrogen (secondary N) is 1. The number of halogens is 3. The molecule has 1 saturated carbocycles. The minimum absolute atomic E-state index is 0.0738. The molecule has 1 amide bonds. The van der Waals surface area contributed by atoms with Gasteiger partial charge in [0.2, 0.25) is 0 Å². The van der Waals surface area contributed by atoms with E-state index in [2.05, 4.69) is 22.2 Å². The number of carbonyl (C=O) groups excluding carboxylic acids is 1. The Morgan fingerprint density at radius 3 is 2.68 bits per heavy atom. The zero-order chi connectivity index (χ0) is 26.4. The first-order chi connectivity index (χ1) is 17.5. The van der Waals surface area contributed by atoms with Crippen molar-refractivity contribution in [3.63, 3.8) is 0 Å². The highest BCUT2D eigenvalue weighted by Gasteiger charge is 2.47. The Balaban J connectivity index is 1.40.